The van der Waals surface area contributed by atoms with Gasteiger partial charge in [0.25, 0.3) is 5.56 Å². The van der Waals surface area contributed by atoms with Crippen LogP contribution in [0.2, 0.25) is 5.02 Å². The second kappa shape index (κ2) is 11.6. The number of likely N-dealkylation sites (N-methyl/N-ethyl adjacent to an activating group) is 1. The van der Waals surface area contributed by atoms with Gasteiger partial charge in [-0.25, -0.2) is 9.78 Å². The summed E-state index contributed by atoms with van der Waals surface area (Å²) in [4.78, 5) is 36.2. The maximum atomic E-state index is 13.9. The van der Waals surface area contributed by atoms with Crippen molar-refractivity contribution in [1.29, 1.82) is 0 Å². The topological polar surface area (TPSA) is 70.5 Å². The molecule has 4 rings (SSSR count). The van der Waals surface area contributed by atoms with Crippen LogP contribution in [-0.2, 0) is 6.42 Å². The number of para-hydroxylation sites is 2. The number of aryl methyl sites for hydroxylation is 1. The smallest absolute Gasteiger partial charge is 0.313 e. The van der Waals surface area contributed by atoms with Crippen molar-refractivity contribution in [2.45, 2.75) is 26.3 Å². The van der Waals surface area contributed by atoms with Gasteiger partial charge in [0.05, 0.1) is 22.6 Å². The monoisotopic (exact) mass is 517 g/mol. The van der Waals surface area contributed by atoms with Gasteiger partial charge in [-0.1, -0.05) is 48.9 Å². The fourth-order valence-electron chi connectivity index (χ4n) is 4.34. The molecular weight excluding hydrogens is 486 g/mol. The van der Waals surface area contributed by atoms with Crippen LogP contribution < -0.4 is 10.9 Å². The lowest BCUT2D eigenvalue weighted by Gasteiger charge is -2.31. The Bertz CT molecular complexity index is 1450. The van der Waals surface area contributed by atoms with Crippen LogP contribution >= 0.6 is 11.6 Å². The minimum Gasteiger partial charge on any atom is -0.313 e. The summed E-state index contributed by atoms with van der Waals surface area (Å²) in [5.41, 5.74) is 2.89. The number of rotatable bonds is 8. The van der Waals surface area contributed by atoms with Crippen molar-refractivity contribution in [1.82, 2.24) is 19.4 Å². The van der Waals surface area contributed by atoms with Crippen LogP contribution in [0.5, 0.6) is 0 Å². The fraction of sp³-hybridized carbons (Fsp3) is 0.276. The maximum Gasteiger partial charge on any atom is 0.322 e. The van der Waals surface area contributed by atoms with Crippen LogP contribution in [0.3, 0.4) is 0 Å². The fourth-order valence-corrected chi connectivity index (χ4v) is 4.46. The lowest BCUT2D eigenvalue weighted by atomic mass is 10.1. The van der Waals surface area contributed by atoms with Crippen molar-refractivity contribution in [3.63, 3.8) is 0 Å². The number of fused-ring (bicyclic) bond motifs is 1. The molecule has 192 valence electrons. The van der Waals surface area contributed by atoms with Crippen molar-refractivity contribution < 1.29 is 4.79 Å². The van der Waals surface area contributed by atoms with E-state index < -0.39 is 6.04 Å². The first kappa shape index (κ1) is 26.4. The summed E-state index contributed by atoms with van der Waals surface area (Å²) in [6.07, 6.45) is 0.755. The Labute approximate surface area is 222 Å². The summed E-state index contributed by atoms with van der Waals surface area (Å²) in [5, 5.41) is 4.10. The molecule has 0 spiro atoms. The standard InChI is InChI=1S/C29H32ClN5O2/c1-5-21-10-6-9-13-26(21)35-27(32-25-12-8-7-11-24(25)28(35)36)20(2)34(19-18-33(3)4)29(37)31-23-16-14-22(30)15-17-23/h6-17,20H,5,18-19H2,1-4H3,(H,31,37). The zero-order valence-electron chi connectivity index (χ0n) is 21.6. The van der Waals surface area contributed by atoms with Gasteiger partial charge >= 0.3 is 6.03 Å². The second-order valence-corrected chi connectivity index (χ2v) is 9.66. The van der Waals surface area contributed by atoms with Gasteiger partial charge in [0, 0.05) is 23.8 Å². The van der Waals surface area contributed by atoms with Gasteiger partial charge in [0.1, 0.15) is 5.82 Å². The van der Waals surface area contributed by atoms with Crippen molar-refractivity contribution in [3.05, 3.63) is 99.6 Å². The van der Waals surface area contributed by atoms with Gasteiger partial charge in [-0.2, -0.15) is 0 Å². The molecule has 0 saturated heterocycles. The van der Waals surface area contributed by atoms with Crippen LogP contribution in [-0.4, -0.2) is 52.6 Å². The number of nitrogens with one attached hydrogen (secondary N) is 1. The zero-order valence-corrected chi connectivity index (χ0v) is 22.4. The maximum absolute atomic E-state index is 13.9. The SMILES string of the molecule is CCc1ccccc1-n1c(C(C)N(CCN(C)C)C(=O)Nc2ccc(Cl)cc2)nc2ccccc2c1=O. The van der Waals surface area contributed by atoms with Crippen LogP contribution in [0, 0.1) is 0 Å². The molecule has 1 aromatic heterocycles. The number of hydrogen-bond acceptors (Lipinski definition) is 4. The molecule has 37 heavy (non-hydrogen) atoms. The average molecular weight is 518 g/mol. The van der Waals surface area contributed by atoms with Crippen molar-refractivity contribution >= 4 is 34.2 Å². The van der Waals surface area contributed by atoms with Crippen molar-refractivity contribution in [2.75, 3.05) is 32.5 Å². The molecular formula is C29H32ClN5O2. The highest BCUT2D eigenvalue weighted by Gasteiger charge is 2.27. The Kier molecular flexibility index (Phi) is 8.26. The summed E-state index contributed by atoms with van der Waals surface area (Å²) in [6, 6.07) is 21.4. The number of aromatic nitrogens is 2. The second-order valence-electron chi connectivity index (χ2n) is 9.22. The molecule has 1 atom stereocenters. The molecule has 8 heteroatoms. The van der Waals surface area contributed by atoms with E-state index in [1.54, 1.807) is 39.8 Å². The van der Waals surface area contributed by atoms with Gasteiger partial charge in [0.15, 0.2) is 0 Å². The molecule has 3 aromatic carbocycles. The van der Waals surface area contributed by atoms with Crippen molar-refractivity contribution in [2.24, 2.45) is 0 Å². The Morgan fingerprint density at radius 1 is 1.00 bits per heavy atom. The van der Waals surface area contributed by atoms with Crippen LogP contribution in [0.1, 0.15) is 31.3 Å². The molecule has 0 aliphatic heterocycles. The first-order valence-electron chi connectivity index (χ1n) is 12.4. The lowest BCUT2D eigenvalue weighted by Crippen LogP contribution is -2.43. The van der Waals surface area contributed by atoms with E-state index in [2.05, 4.69) is 12.2 Å². The highest BCUT2D eigenvalue weighted by molar-refractivity contribution is 6.30. The Hall–Kier alpha value is -3.68. The molecule has 0 aliphatic rings. The summed E-state index contributed by atoms with van der Waals surface area (Å²) in [7, 11) is 3.92. The number of halogens is 1. The lowest BCUT2D eigenvalue weighted by molar-refractivity contribution is 0.181. The number of carbonyl (C=O) groups excluding carboxylic acids is 1. The molecule has 4 aromatic rings. The quantitative estimate of drug-likeness (QED) is 0.322. The molecule has 0 saturated carbocycles. The molecule has 1 N–H and O–H groups in total. The molecule has 0 fully saturated rings. The molecule has 1 heterocycles. The number of nitrogens with zero attached hydrogens (tertiary/aromatic N) is 4. The number of amides is 2. The van der Waals surface area contributed by atoms with Gasteiger partial charge in [0.2, 0.25) is 0 Å². The predicted molar refractivity (Wildman–Crippen MR) is 151 cm³/mol. The third-order valence-corrected chi connectivity index (χ3v) is 6.65. The Balaban J connectivity index is 1.85. The van der Waals surface area contributed by atoms with Crippen LogP contribution in [0.25, 0.3) is 16.6 Å². The first-order valence-corrected chi connectivity index (χ1v) is 12.8. The molecule has 2 amide bonds. The normalized spacial score (nSPS) is 12.1. The number of urea groups is 1. The zero-order chi connectivity index (χ0) is 26.5. The summed E-state index contributed by atoms with van der Waals surface area (Å²) >= 11 is 6.02. The first-order chi connectivity index (χ1) is 17.8. The van der Waals surface area contributed by atoms with Gasteiger partial charge in [-0.05, 0) is 75.5 Å². The molecule has 0 bridgehead atoms. The predicted octanol–water partition coefficient (Wildman–Crippen LogP) is 5.76. The summed E-state index contributed by atoms with van der Waals surface area (Å²) in [5.74, 6) is 0.509. The highest BCUT2D eigenvalue weighted by Crippen LogP contribution is 2.25. The minimum atomic E-state index is -0.505. The van der Waals surface area contributed by atoms with Crippen LogP contribution in [0.4, 0.5) is 10.5 Å². The van der Waals surface area contributed by atoms with E-state index >= 15 is 0 Å². The third kappa shape index (κ3) is 5.84. The average Bonchev–Trinajstić information content (AvgIpc) is 2.89. The van der Waals surface area contributed by atoms with E-state index in [0.717, 1.165) is 17.7 Å². The molecule has 7 nitrogen and oxygen atoms in total. The van der Waals surface area contributed by atoms with E-state index in [-0.39, 0.29) is 11.6 Å². The number of benzene rings is 3. The van der Waals surface area contributed by atoms with E-state index in [1.165, 1.54) is 0 Å². The van der Waals surface area contributed by atoms with Gasteiger partial charge in [-0.3, -0.25) is 9.36 Å². The summed E-state index contributed by atoms with van der Waals surface area (Å²) < 4.78 is 1.67. The highest BCUT2D eigenvalue weighted by atomic mass is 35.5. The van der Waals surface area contributed by atoms with Gasteiger partial charge in [-0.15, -0.1) is 0 Å². The third-order valence-electron chi connectivity index (χ3n) is 6.40. The van der Waals surface area contributed by atoms with E-state index in [4.69, 9.17) is 16.6 Å². The number of hydrogen-bond donors (Lipinski definition) is 1. The molecule has 0 aliphatic carbocycles. The van der Waals surface area contributed by atoms with E-state index in [0.29, 0.717) is 40.5 Å². The Morgan fingerprint density at radius 2 is 1.68 bits per heavy atom. The minimum absolute atomic E-state index is 0.154. The van der Waals surface area contributed by atoms with Crippen molar-refractivity contribution in [3.8, 4) is 5.69 Å². The van der Waals surface area contributed by atoms with Gasteiger partial charge < -0.3 is 15.1 Å². The Morgan fingerprint density at radius 3 is 2.38 bits per heavy atom. The van der Waals surface area contributed by atoms with E-state index in [1.807, 2.05) is 68.4 Å². The van der Waals surface area contributed by atoms with Crippen LogP contribution in [0.15, 0.2) is 77.6 Å². The number of carbonyl (C=O) groups is 1. The molecule has 1 unspecified atom stereocenters. The molecule has 0 radical (unpaired) electrons. The largest absolute Gasteiger partial charge is 0.322 e. The number of anilines is 1. The summed E-state index contributed by atoms with van der Waals surface area (Å²) in [6.45, 7) is 5.05. The van der Waals surface area contributed by atoms with E-state index in [9.17, 15) is 9.59 Å².